The number of thiophene rings is 1. The lowest BCUT2D eigenvalue weighted by Gasteiger charge is -2.26. The minimum absolute atomic E-state index is 0.769. The Labute approximate surface area is 134 Å². The molecule has 0 N–H and O–H groups in total. The monoisotopic (exact) mass is 318 g/mol. The first-order valence-corrected chi connectivity index (χ1v) is 9.01. The van der Waals surface area contributed by atoms with E-state index in [1.54, 1.807) is 0 Å². The first-order valence-electron chi connectivity index (χ1n) is 8.19. The van der Waals surface area contributed by atoms with E-state index >= 15 is 0 Å². The molecule has 0 saturated carbocycles. The smallest absolute Gasteiger partial charge is 0.226 e. The molecule has 22 heavy (non-hydrogen) atoms. The molecular weight excluding hydrogens is 296 g/mol. The van der Waals surface area contributed by atoms with Crippen molar-refractivity contribution in [3.8, 4) is 0 Å². The van der Waals surface area contributed by atoms with E-state index in [-0.39, 0.29) is 0 Å². The Hall–Kier alpha value is -1.24. The molecule has 0 aliphatic carbocycles. The molecule has 2 aromatic heterocycles. The van der Waals surface area contributed by atoms with Crippen LogP contribution in [0, 0.1) is 0 Å². The summed E-state index contributed by atoms with van der Waals surface area (Å²) in [5.41, 5.74) is 1.09. The summed E-state index contributed by atoms with van der Waals surface area (Å²) in [6.07, 6.45) is 6.05. The minimum Gasteiger partial charge on any atom is -0.378 e. The first kappa shape index (κ1) is 14.4. The van der Waals surface area contributed by atoms with Gasteiger partial charge in [-0.15, -0.1) is 11.3 Å². The molecule has 2 aromatic rings. The van der Waals surface area contributed by atoms with Gasteiger partial charge < -0.3 is 9.64 Å². The highest BCUT2D eigenvalue weighted by atomic mass is 32.1. The Bertz CT molecular complexity index is 632. The number of likely N-dealkylation sites (tertiary alicyclic amines) is 1. The molecule has 2 aliphatic rings. The Balaban J connectivity index is 1.52. The minimum atomic E-state index is 0.769. The van der Waals surface area contributed by atoms with Crippen molar-refractivity contribution in [2.45, 2.75) is 25.8 Å². The predicted molar refractivity (Wildman–Crippen MR) is 89.6 cm³/mol. The maximum atomic E-state index is 5.40. The van der Waals surface area contributed by atoms with Crippen molar-refractivity contribution in [2.24, 2.45) is 0 Å². The third-order valence-electron chi connectivity index (χ3n) is 4.43. The van der Waals surface area contributed by atoms with Gasteiger partial charge in [-0.2, -0.15) is 0 Å². The van der Waals surface area contributed by atoms with Gasteiger partial charge in [0.25, 0.3) is 0 Å². The van der Waals surface area contributed by atoms with Gasteiger partial charge in [0.15, 0.2) is 0 Å². The fourth-order valence-corrected chi connectivity index (χ4v) is 4.23. The van der Waals surface area contributed by atoms with Crippen LogP contribution in [0.5, 0.6) is 0 Å². The summed E-state index contributed by atoms with van der Waals surface area (Å²) in [7, 11) is 0. The molecule has 0 bridgehead atoms. The Kier molecular flexibility index (Phi) is 4.23. The number of fused-ring (bicyclic) bond motifs is 1. The standard InChI is InChI=1S/C16H22N4OS/c1-2-4-19(5-3-1)12-13-10-14-15(22-13)11-17-16(18-14)20-6-8-21-9-7-20/h10-11H,1-9,12H2. The topological polar surface area (TPSA) is 41.5 Å². The first-order chi connectivity index (χ1) is 10.9. The van der Waals surface area contributed by atoms with Gasteiger partial charge in [-0.05, 0) is 32.0 Å². The summed E-state index contributed by atoms with van der Waals surface area (Å²) in [5.74, 6) is 0.845. The van der Waals surface area contributed by atoms with E-state index < -0.39 is 0 Å². The highest BCUT2D eigenvalue weighted by molar-refractivity contribution is 7.18. The summed E-state index contributed by atoms with van der Waals surface area (Å²) in [4.78, 5) is 15.5. The van der Waals surface area contributed by atoms with Crippen LogP contribution in [0.3, 0.4) is 0 Å². The van der Waals surface area contributed by atoms with Crippen LogP contribution in [-0.4, -0.2) is 54.3 Å². The zero-order chi connectivity index (χ0) is 14.8. The van der Waals surface area contributed by atoms with Gasteiger partial charge in [0.1, 0.15) is 0 Å². The molecule has 0 atom stereocenters. The van der Waals surface area contributed by atoms with Gasteiger partial charge in [0.2, 0.25) is 5.95 Å². The molecule has 4 heterocycles. The molecule has 2 aliphatic heterocycles. The number of rotatable bonds is 3. The van der Waals surface area contributed by atoms with E-state index in [4.69, 9.17) is 9.72 Å². The third kappa shape index (κ3) is 3.09. The lowest BCUT2D eigenvalue weighted by molar-refractivity contribution is 0.122. The van der Waals surface area contributed by atoms with Crippen molar-refractivity contribution in [3.63, 3.8) is 0 Å². The zero-order valence-corrected chi connectivity index (χ0v) is 13.6. The van der Waals surface area contributed by atoms with E-state index in [0.29, 0.717) is 0 Å². The van der Waals surface area contributed by atoms with E-state index in [1.807, 2.05) is 17.5 Å². The Morgan fingerprint density at radius 2 is 1.91 bits per heavy atom. The molecule has 0 radical (unpaired) electrons. The van der Waals surface area contributed by atoms with Gasteiger partial charge in [0, 0.05) is 24.5 Å². The van der Waals surface area contributed by atoms with Crippen LogP contribution >= 0.6 is 11.3 Å². The summed E-state index contributed by atoms with van der Waals surface area (Å²) >= 11 is 1.84. The van der Waals surface area contributed by atoms with Crippen LogP contribution in [0.25, 0.3) is 10.2 Å². The molecule has 0 spiro atoms. The van der Waals surface area contributed by atoms with E-state index in [1.165, 1.54) is 41.9 Å². The molecular formula is C16H22N4OS. The summed E-state index contributed by atoms with van der Waals surface area (Å²) in [6.45, 7) is 6.84. The van der Waals surface area contributed by atoms with Crippen LogP contribution in [0.4, 0.5) is 5.95 Å². The largest absolute Gasteiger partial charge is 0.378 e. The lowest BCUT2D eigenvalue weighted by atomic mass is 10.1. The van der Waals surface area contributed by atoms with Crippen molar-refractivity contribution >= 4 is 27.5 Å². The summed E-state index contributed by atoms with van der Waals surface area (Å²) < 4.78 is 6.59. The normalized spacial score (nSPS) is 20.6. The van der Waals surface area contributed by atoms with Crippen LogP contribution in [0.2, 0.25) is 0 Å². The van der Waals surface area contributed by atoms with Crippen molar-refractivity contribution in [1.29, 1.82) is 0 Å². The summed E-state index contributed by atoms with van der Waals surface area (Å²) in [5, 5.41) is 0. The number of hydrogen-bond acceptors (Lipinski definition) is 6. The number of nitrogens with zero attached hydrogens (tertiary/aromatic N) is 4. The molecule has 0 amide bonds. The number of piperidine rings is 1. The average molecular weight is 318 g/mol. The average Bonchev–Trinajstić information content (AvgIpc) is 2.98. The SMILES string of the molecule is c1c(CN2CCCCC2)sc2cnc(N3CCOCC3)nc12. The summed E-state index contributed by atoms with van der Waals surface area (Å²) in [6, 6.07) is 2.25. The molecule has 118 valence electrons. The highest BCUT2D eigenvalue weighted by Crippen LogP contribution is 2.27. The maximum Gasteiger partial charge on any atom is 0.226 e. The number of aromatic nitrogens is 2. The van der Waals surface area contributed by atoms with Crippen molar-refractivity contribution in [1.82, 2.24) is 14.9 Å². The van der Waals surface area contributed by atoms with Crippen molar-refractivity contribution < 1.29 is 4.74 Å². The molecule has 5 nitrogen and oxygen atoms in total. The van der Waals surface area contributed by atoms with Crippen molar-refractivity contribution in [3.05, 3.63) is 17.1 Å². The maximum absolute atomic E-state index is 5.40. The lowest BCUT2D eigenvalue weighted by Crippen LogP contribution is -2.37. The van der Waals surface area contributed by atoms with E-state index in [9.17, 15) is 0 Å². The Morgan fingerprint density at radius 1 is 1.09 bits per heavy atom. The van der Waals surface area contributed by atoms with Gasteiger partial charge in [-0.25, -0.2) is 9.97 Å². The second kappa shape index (κ2) is 6.48. The Morgan fingerprint density at radius 3 is 2.73 bits per heavy atom. The quantitative estimate of drug-likeness (QED) is 0.870. The van der Waals surface area contributed by atoms with Crippen LogP contribution in [-0.2, 0) is 11.3 Å². The van der Waals surface area contributed by atoms with Gasteiger partial charge in [-0.1, -0.05) is 6.42 Å². The highest BCUT2D eigenvalue weighted by Gasteiger charge is 2.16. The predicted octanol–water partition coefficient (Wildman–Crippen LogP) is 2.51. The number of ether oxygens (including phenoxy) is 1. The molecule has 0 unspecified atom stereocenters. The third-order valence-corrected chi connectivity index (χ3v) is 5.47. The van der Waals surface area contributed by atoms with Crippen LogP contribution in [0.1, 0.15) is 24.1 Å². The van der Waals surface area contributed by atoms with Crippen LogP contribution in [0.15, 0.2) is 12.3 Å². The van der Waals surface area contributed by atoms with E-state index in [2.05, 4.69) is 20.9 Å². The molecule has 2 fully saturated rings. The zero-order valence-electron chi connectivity index (χ0n) is 12.8. The molecule has 0 aromatic carbocycles. The van der Waals surface area contributed by atoms with Gasteiger partial charge in [-0.3, -0.25) is 4.90 Å². The molecule has 4 rings (SSSR count). The number of anilines is 1. The van der Waals surface area contributed by atoms with Crippen LogP contribution < -0.4 is 4.90 Å². The second-order valence-electron chi connectivity index (χ2n) is 6.07. The fraction of sp³-hybridized carbons (Fsp3) is 0.625. The second-order valence-corrected chi connectivity index (χ2v) is 7.24. The van der Waals surface area contributed by atoms with Gasteiger partial charge >= 0.3 is 0 Å². The number of morpholine rings is 1. The van der Waals surface area contributed by atoms with E-state index in [0.717, 1.165) is 44.3 Å². The molecule has 6 heteroatoms. The molecule has 2 saturated heterocycles. The van der Waals surface area contributed by atoms with Gasteiger partial charge in [0.05, 0.1) is 29.6 Å². The van der Waals surface area contributed by atoms with Crippen molar-refractivity contribution in [2.75, 3.05) is 44.3 Å². The fourth-order valence-electron chi connectivity index (χ4n) is 3.21. The number of hydrogen-bond donors (Lipinski definition) is 0.